The predicted molar refractivity (Wildman–Crippen MR) is 159 cm³/mol. The molecule has 0 unspecified atom stereocenters. The van der Waals surface area contributed by atoms with Crippen LogP contribution in [0, 0.1) is 6.92 Å². The number of nitrogens with zero attached hydrogens (tertiary/aromatic N) is 8. The van der Waals surface area contributed by atoms with Crippen molar-refractivity contribution in [2.75, 3.05) is 61.8 Å². The average molecular weight is 537 g/mol. The van der Waals surface area contributed by atoms with Gasteiger partial charge < -0.3 is 20.4 Å². The Morgan fingerprint density at radius 2 is 1.45 bits per heavy atom. The van der Waals surface area contributed by atoms with Crippen molar-refractivity contribution >= 4 is 29.0 Å². The Morgan fingerprint density at radius 3 is 2.20 bits per heavy atom. The number of piperazine rings is 1. The first kappa shape index (κ1) is 26.1. The van der Waals surface area contributed by atoms with Gasteiger partial charge in [0.05, 0.1) is 0 Å². The molecule has 6 rings (SSSR count). The van der Waals surface area contributed by atoms with E-state index in [2.05, 4.69) is 81.6 Å². The van der Waals surface area contributed by atoms with E-state index in [4.69, 9.17) is 0 Å². The molecule has 0 aliphatic carbocycles. The number of benzene rings is 1. The van der Waals surface area contributed by atoms with Crippen LogP contribution in [-0.4, -0.2) is 87.1 Å². The lowest BCUT2D eigenvalue weighted by atomic mass is 10.0. The number of rotatable bonds is 7. The molecule has 0 spiro atoms. The summed E-state index contributed by atoms with van der Waals surface area (Å²) in [5.41, 5.74) is 3.87. The van der Waals surface area contributed by atoms with E-state index in [1.54, 1.807) is 18.5 Å². The molecular weight excluding hydrogens is 500 g/mol. The van der Waals surface area contributed by atoms with Crippen LogP contribution in [0.3, 0.4) is 0 Å². The lowest BCUT2D eigenvalue weighted by molar-refractivity contribution is 0.0982. The van der Waals surface area contributed by atoms with Gasteiger partial charge in [-0.15, -0.1) is 0 Å². The Labute approximate surface area is 235 Å². The number of aryl methyl sites for hydroxylation is 1. The maximum Gasteiger partial charge on any atom is 0.229 e. The van der Waals surface area contributed by atoms with E-state index in [0.29, 0.717) is 23.4 Å². The molecule has 0 amide bonds. The van der Waals surface area contributed by atoms with E-state index >= 15 is 0 Å². The lowest BCUT2D eigenvalue weighted by Gasteiger charge is -2.42. The van der Waals surface area contributed by atoms with E-state index in [1.807, 2.05) is 31.2 Å². The normalized spacial score (nSPS) is 17.1. The van der Waals surface area contributed by atoms with Gasteiger partial charge in [0.15, 0.2) is 5.82 Å². The van der Waals surface area contributed by atoms with Crippen LogP contribution in [0.1, 0.15) is 18.5 Å². The van der Waals surface area contributed by atoms with Gasteiger partial charge in [-0.25, -0.2) is 19.9 Å². The summed E-state index contributed by atoms with van der Waals surface area (Å²) in [7, 11) is 2.22. The van der Waals surface area contributed by atoms with Crippen LogP contribution < -0.4 is 15.5 Å². The number of anilines is 5. The van der Waals surface area contributed by atoms with E-state index in [0.717, 1.165) is 36.2 Å². The molecule has 5 heterocycles. The molecule has 3 aromatic heterocycles. The molecule has 2 fully saturated rings. The molecule has 0 radical (unpaired) electrons. The topological polar surface area (TPSA) is 98.2 Å². The van der Waals surface area contributed by atoms with Crippen LogP contribution in [0.4, 0.5) is 29.0 Å². The van der Waals surface area contributed by atoms with Gasteiger partial charge in [-0.2, -0.15) is 4.98 Å². The van der Waals surface area contributed by atoms with Crippen molar-refractivity contribution < 1.29 is 0 Å². The zero-order valence-electron chi connectivity index (χ0n) is 23.2. The summed E-state index contributed by atoms with van der Waals surface area (Å²) in [4.78, 5) is 30.1. The summed E-state index contributed by atoms with van der Waals surface area (Å²) >= 11 is 0. The third kappa shape index (κ3) is 6.35. The lowest BCUT2D eigenvalue weighted by Crippen LogP contribution is -2.52. The summed E-state index contributed by atoms with van der Waals surface area (Å²) < 4.78 is 0. The minimum Gasteiger partial charge on any atom is -0.371 e. The predicted octanol–water partition coefficient (Wildman–Crippen LogP) is 4.34. The highest BCUT2D eigenvalue weighted by molar-refractivity contribution is 5.62. The second-order valence-corrected chi connectivity index (χ2v) is 10.5. The number of piperidine rings is 1. The molecule has 40 heavy (non-hydrogen) atoms. The molecular formula is C30H36N10. The molecule has 206 valence electrons. The second-order valence-electron chi connectivity index (χ2n) is 10.5. The average Bonchev–Trinajstić information content (AvgIpc) is 2.98. The highest BCUT2D eigenvalue weighted by Gasteiger charge is 2.26. The van der Waals surface area contributed by atoms with Crippen LogP contribution in [0.2, 0.25) is 0 Å². The Kier molecular flexibility index (Phi) is 7.78. The molecule has 0 bridgehead atoms. The maximum absolute atomic E-state index is 4.62. The second kappa shape index (κ2) is 11.9. The minimum absolute atomic E-state index is 0.514. The van der Waals surface area contributed by atoms with Crippen LogP contribution in [0.15, 0.2) is 67.0 Å². The molecule has 10 heteroatoms. The van der Waals surface area contributed by atoms with Crippen LogP contribution in [-0.2, 0) is 0 Å². The third-order valence-corrected chi connectivity index (χ3v) is 7.69. The summed E-state index contributed by atoms with van der Waals surface area (Å²) in [6.07, 6.45) is 5.89. The molecule has 0 saturated carbocycles. The van der Waals surface area contributed by atoms with Gasteiger partial charge in [0.1, 0.15) is 17.3 Å². The molecule has 1 aromatic carbocycles. The largest absolute Gasteiger partial charge is 0.371 e. The van der Waals surface area contributed by atoms with Gasteiger partial charge in [-0.1, -0.05) is 6.07 Å². The van der Waals surface area contributed by atoms with E-state index in [-0.39, 0.29) is 0 Å². The number of likely N-dealkylation sites (N-methyl/N-ethyl adjacent to an activating group) is 1. The van der Waals surface area contributed by atoms with Gasteiger partial charge in [-0.3, -0.25) is 4.90 Å². The van der Waals surface area contributed by atoms with Crippen LogP contribution in [0.5, 0.6) is 0 Å². The molecule has 2 saturated heterocycles. The van der Waals surface area contributed by atoms with E-state index < -0.39 is 0 Å². The maximum atomic E-state index is 4.62. The Hall–Kier alpha value is -4.15. The van der Waals surface area contributed by atoms with Crippen molar-refractivity contribution in [3.63, 3.8) is 0 Å². The van der Waals surface area contributed by atoms with Crippen LogP contribution in [0.25, 0.3) is 11.5 Å². The smallest absolute Gasteiger partial charge is 0.229 e. The highest BCUT2D eigenvalue weighted by Crippen LogP contribution is 2.26. The van der Waals surface area contributed by atoms with E-state index in [9.17, 15) is 0 Å². The number of hydrogen-bond acceptors (Lipinski definition) is 10. The fourth-order valence-electron chi connectivity index (χ4n) is 5.40. The molecule has 2 N–H and O–H groups in total. The molecule has 4 aromatic rings. The van der Waals surface area contributed by atoms with Gasteiger partial charge in [0.25, 0.3) is 0 Å². The number of hydrogen-bond donors (Lipinski definition) is 2. The number of pyridine rings is 1. The quantitative estimate of drug-likeness (QED) is 0.355. The summed E-state index contributed by atoms with van der Waals surface area (Å²) in [5, 5.41) is 6.58. The summed E-state index contributed by atoms with van der Waals surface area (Å²) in [6, 6.07) is 18.7. The molecule has 0 atom stereocenters. The Bertz CT molecular complexity index is 1410. The molecule has 2 aliphatic heterocycles. The third-order valence-electron chi connectivity index (χ3n) is 7.69. The zero-order valence-corrected chi connectivity index (χ0v) is 23.2. The zero-order chi connectivity index (χ0) is 27.3. The first-order valence-electron chi connectivity index (χ1n) is 14.0. The van der Waals surface area contributed by atoms with E-state index in [1.165, 1.54) is 44.7 Å². The first-order valence-corrected chi connectivity index (χ1v) is 14.0. The van der Waals surface area contributed by atoms with Crippen LogP contribution >= 0.6 is 0 Å². The van der Waals surface area contributed by atoms with Gasteiger partial charge >= 0.3 is 0 Å². The summed E-state index contributed by atoms with van der Waals surface area (Å²) in [5.74, 6) is 2.35. The van der Waals surface area contributed by atoms with Gasteiger partial charge in [-0.05, 0) is 75.3 Å². The van der Waals surface area contributed by atoms with Crippen molar-refractivity contribution in [1.82, 2.24) is 34.7 Å². The van der Waals surface area contributed by atoms with Gasteiger partial charge in [0.2, 0.25) is 5.95 Å². The van der Waals surface area contributed by atoms with Crippen molar-refractivity contribution in [1.29, 1.82) is 0 Å². The monoisotopic (exact) mass is 536 g/mol. The van der Waals surface area contributed by atoms with Crippen molar-refractivity contribution in [2.45, 2.75) is 25.8 Å². The SMILES string of the molecule is Cc1cccc(-c2nccc(Nc3ccnc(Nc4ccc(N5CCC(N6CCN(C)CC6)CC5)cc4)n3)n2)n1. The Balaban J connectivity index is 1.05. The minimum atomic E-state index is 0.514. The molecule has 2 aliphatic rings. The van der Waals surface area contributed by atoms with Gasteiger partial charge in [0, 0.05) is 74.8 Å². The standard InChI is InChI=1S/C30H36N10/c1-22-4-3-5-26(33-22)29-31-14-10-27(36-29)35-28-11-15-32-30(37-28)34-23-6-8-24(9-7-23)39-16-12-25(13-17-39)40-20-18-38(2)19-21-40/h3-11,14-15,25H,12-13,16-21H2,1-2H3,(H2,31,32,34,35,36,37). The first-order chi connectivity index (χ1) is 19.6. The fraction of sp³-hybridized carbons (Fsp3) is 0.367. The fourth-order valence-corrected chi connectivity index (χ4v) is 5.40. The summed E-state index contributed by atoms with van der Waals surface area (Å²) in [6.45, 7) is 8.93. The highest BCUT2D eigenvalue weighted by atomic mass is 15.3. The number of nitrogens with one attached hydrogen (secondary N) is 2. The molecule has 10 nitrogen and oxygen atoms in total. The van der Waals surface area contributed by atoms with Crippen molar-refractivity contribution in [3.8, 4) is 11.5 Å². The number of aromatic nitrogens is 5. The van der Waals surface area contributed by atoms with Crippen molar-refractivity contribution in [2.24, 2.45) is 0 Å². The van der Waals surface area contributed by atoms with Crippen molar-refractivity contribution in [3.05, 3.63) is 72.7 Å². The Morgan fingerprint density at radius 1 is 0.725 bits per heavy atom.